The highest BCUT2D eigenvalue weighted by molar-refractivity contribution is 6.35. The van der Waals surface area contributed by atoms with Crippen molar-refractivity contribution in [3.05, 3.63) is 69.7 Å². The van der Waals surface area contributed by atoms with Gasteiger partial charge in [-0.3, -0.25) is 0 Å². The van der Waals surface area contributed by atoms with E-state index in [4.69, 9.17) is 23.2 Å². The first-order valence-corrected chi connectivity index (χ1v) is 6.80. The lowest BCUT2D eigenvalue weighted by molar-refractivity contribution is 0.174. The topological polar surface area (TPSA) is 32.3 Å². The first-order chi connectivity index (χ1) is 9.16. The van der Waals surface area contributed by atoms with Gasteiger partial charge in [0.25, 0.3) is 0 Å². The molecule has 19 heavy (non-hydrogen) atoms. The molecule has 0 aliphatic heterocycles. The Morgan fingerprint density at radius 2 is 1.79 bits per heavy atom. The number of hydrogen-bond donors (Lipinski definition) is 2. The van der Waals surface area contributed by atoms with E-state index in [9.17, 15) is 5.11 Å². The number of aliphatic hydroxyl groups is 1. The van der Waals surface area contributed by atoms with Crippen molar-refractivity contribution < 1.29 is 5.11 Å². The fourth-order valence-corrected chi connectivity index (χ4v) is 2.28. The van der Waals surface area contributed by atoms with E-state index in [2.05, 4.69) is 5.32 Å². The molecule has 0 aliphatic carbocycles. The summed E-state index contributed by atoms with van der Waals surface area (Å²) in [7, 11) is 0. The molecular weight excluding hydrogens is 281 g/mol. The predicted octanol–water partition coefficient (Wildman–Crippen LogP) is 3.82. The molecule has 0 radical (unpaired) electrons. The maximum atomic E-state index is 10.00. The Balaban J connectivity index is 1.86. The summed E-state index contributed by atoms with van der Waals surface area (Å²) in [6.07, 6.45) is -0.521. The zero-order valence-corrected chi connectivity index (χ0v) is 11.8. The van der Waals surface area contributed by atoms with Crippen molar-refractivity contribution >= 4 is 23.2 Å². The highest BCUT2D eigenvalue weighted by Gasteiger charge is 2.07. The largest absolute Gasteiger partial charge is 0.387 e. The fourth-order valence-electron chi connectivity index (χ4n) is 1.80. The maximum absolute atomic E-state index is 10.00. The van der Waals surface area contributed by atoms with Crippen LogP contribution in [0.5, 0.6) is 0 Å². The first-order valence-electron chi connectivity index (χ1n) is 6.04. The lowest BCUT2D eigenvalue weighted by Crippen LogP contribution is -2.21. The highest BCUT2D eigenvalue weighted by atomic mass is 35.5. The smallest absolute Gasteiger partial charge is 0.0914 e. The summed E-state index contributed by atoms with van der Waals surface area (Å²) in [6, 6.07) is 15.0. The molecule has 0 saturated carbocycles. The van der Waals surface area contributed by atoms with Crippen LogP contribution in [0.4, 0.5) is 0 Å². The van der Waals surface area contributed by atoms with E-state index >= 15 is 0 Å². The minimum absolute atomic E-state index is 0.475. The Morgan fingerprint density at radius 1 is 1.05 bits per heavy atom. The van der Waals surface area contributed by atoms with E-state index in [1.165, 1.54) is 0 Å². The Bertz CT molecular complexity index is 531. The van der Waals surface area contributed by atoms with E-state index in [-0.39, 0.29) is 0 Å². The van der Waals surface area contributed by atoms with Crippen molar-refractivity contribution in [1.82, 2.24) is 5.32 Å². The van der Waals surface area contributed by atoms with Crippen LogP contribution in [0.25, 0.3) is 0 Å². The lowest BCUT2D eigenvalue weighted by Gasteiger charge is -2.12. The molecular formula is C15H15Cl2NO. The molecule has 0 fully saturated rings. The van der Waals surface area contributed by atoms with Gasteiger partial charge < -0.3 is 10.4 Å². The van der Waals surface area contributed by atoms with E-state index in [0.29, 0.717) is 23.1 Å². The zero-order valence-electron chi connectivity index (χ0n) is 10.3. The second kappa shape index (κ2) is 6.92. The number of halogens is 2. The quantitative estimate of drug-likeness (QED) is 0.879. The van der Waals surface area contributed by atoms with Crippen LogP contribution in [-0.4, -0.2) is 11.7 Å². The van der Waals surface area contributed by atoms with Crippen LogP contribution in [0.2, 0.25) is 10.0 Å². The number of nitrogens with one attached hydrogen (secondary N) is 1. The summed E-state index contributed by atoms with van der Waals surface area (Å²) in [5.41, 5.74) is 1.86. The molecule has 0 aliphatic rings. The van der Waals surface area contributed by atoms with Crippen LogP contribution in [0.15, 0.2) is 48.5 Å². The molecule has 0 amide bonds. The van der Waals surface area contributed by atoms with Crippen LogP contribution >= 0.6 is 23.2 Å². The van der Waals surface area contributed by atoms with Crippen molar-refractivity contribution in [3.8, 4) is 0 Å². The minimum Gasteiger partial charge on any atom is -0.387 e. The van der Waals surface area contributed by atoms with Gasteiger partial charge in [-0.25, -0.2) is 0 Å². The van der Waals surface area contributed by atoms with Gasteiger partial charge in [0, 0.05) is 23.1 Å². The molecule has 0 saturated heterocycles. The van der Waals surface area contributed by atoms with Gasteiger partial charge in [0.2, 0.25) is 0 Å². The lowest BCUT2D eigenvalue weighted by atomic mass is 10.1. The van der Waals surface area contributed by atoms with Gasteiger partial charge >= 0.3 is 0 Å². The van der Waals surface area contributed by atoms with E-state index in [1.54, 1.807) is 12.1 Å². The van der Waals surface area contributed by atoms with Crippen molar-refractivity contribution in [2.24, 2.45) is 0 Å². The third-order valence-corrected chi connectivity index (χ3v) is 3.44. The molecule has 100 valence electrons. The third kappa shape index (κ3) is 4.22. The van der Waals surface area contributed by atoms with Gasteiger partial charge in [0.1, 0.15) is 0 Å². The van der Waals surface area contributed by atoms with Gasteiger partial charge in [-0.15, -0.1) is 0 Å². The van der Waals surface area contributed by atoms with Gasteiger partial charge in [-0.2, -0.15) is 0 Å². The average Bonchev–Trinajstić information content (AvgIpc) is 2.42. The normalized spacial score (nSPS) is 12.4. The van der Waals surface area contributed by atoms with Crippen molar-refractivity contribution in [2.45, 2.75) is 12.6 Å². The summed E-state index contributed by atoms with van der Waals surface area (Å²) in [5.74, 6) is 0. The van der Waals surface area contributed by atoms with E-state index < -0.39 is 6.10 Å². The second-order valence-electron chi connectivity index (χ2n) is 4.29. The number of rotatable bonds is 5. The molecule has 4 heteroatoms. The van der Waals surface area contributed by atoms with Crippen molar-refractivity contribution in [1.29, 1.82) is 0 Å². The molecule has 2 rings (SSSR count). The van der Waals surface area contributed by atoms with Crippen LogP contribution in [0.3, 0.4) is 0 Å². The molecule has 0 spiro atoms. The average molecular weight is 296 g/mol. The first kappa shape index (κ1) is 14.4. The Hall–Kier alpha value is -1.06. The van der Waals surface area contributed by atoms with Crippen molar-refractivity contribution in [2.75, 3.05) is 6.54 Å². The standard InChI is InChI=1S/C15H15Cl2NO/c16-13-7-6-12(14(17)8-13)9-18-10-15(19)11-4-2-1-3-5-11/h1-8,15,18-19H,9-10H2. The number of hydrogen-bond acceptors (Lipinski definition) is 2. The third-order valence-electron chi connectivity index (χ3n) is 2.85. The molecule has 1 atom stereocenters. The van der Waals surface area contributed by atoms with Gasteiger partial charge in [-0.1, -0.05) is 59.6 Å². The molecule has 2 aromatic carbocycles. The van der Waals surface area contributed by atoms with Crippen LogP contribution in [-0.2, 0) is 6.54 Å². The molecule has 0 bridgehead atoms. The van der Waals surface area contributed by atoms with Crippen LogP contribution < -0.4 is 5.32 Å². The Kier molecular flexibility index (Phi) is 5.23. The van der Waals surface area contributed by atoms with Crippen LogP contribution in [0.1, 0.15) is 17.2 Å². The fraction of sp³-hybridized carbons (Fsp3) is 0.200. The van der Waals surface area contributed by atoms with Gasteiger partial charge in [0.05, 0.1) is 6.10 Å². The number of aliphatic hydroxyl groups excluding tert-OH is 1. The maximum Gasteiger partial charge on any atom is 0.0914 e. The SMILES string of the molecule is OC(CNCc1ccc(Cl)cc1Cl)c1ccccc1. The monoisotopic (exact) mass is 295 g/mol. The molecule has 2 N–H and O–H groups in total. The summed E-state index contributed by atoms with van der Waals surface area (Å²) >= 11 is 11.9. The summed E-state index contributed by atoms with van der Waals surface area (Å²) in [6.45, 7) is 1.07. The predicted molar refractivity (Wildman–Crippen MR) is 79.6 cm³/mol. The van der Waals surface area contributed by atoms with Gasteiger partial charge in [-0.05, 0) is 23.3 Å². The highest BCUT2D eigenvalue weighted by Crippen LogP contribution is 2.21. The van der Waals surface area contributed by atoms with E-state index in [1.807, 2.05) is 36.4 Å². The molecule has 0 aromatic heterocycles. The van der Waals surface area contributed by atoms with E-state index in [0.717, 1.165) is 11.1 Å². The molecule has 1 unspecified atom stereocenters. The second-order valence-corrected chi connectivity index (χ2v) is 5.14. The minimum atomic E-state index is -0.521. The molecule has 2 aromatic rings. The van der Waals surface area contributed by atoms with Crippen LogP contribution in [0, 0.1) is 0 Å². The summed E-state index contributed by atoms with van der Waals surface area (Å²) in [4.78, 5) is 0. The van der Waals surface area contributed by atoms with Gasteiger partial charge in [0.15, 0.2) is 0 Å². The molecule has 0 heterocycles. The number of benzene rings is 2. The Morgan fingerprint density at radius 3 is 2.47 bits per heavy atom. The Labute approximate surface area is 123 Å². The zero-order chi connectivity index (χ0) is 13.7. The molecule has 2 nitrogen and oxygen atoms in total. The summed E-state index contributed by atoms with van der Waals surface area (Å²) in [5, 5.41) is 14.4. The summed E-state index contributed by atoms with van der Waals surface area (Å²) < 4.78 is 0. The van der Waals surface area contributed by atoms with Crippen molar-refractivity contribution in [3.63, 3.8) is 0 Å².